The minimum Gasteiger partial charge on any atom is -0.341 e. The van der Waals surface area contributed by atoms with E-state index in [-0.39, 0.29) is 12.4 Å². The van der Waals surface area contributed by atoms with Crippen molar-refractivity contribution in [1.29, 1.82) is 0 Å². The van der Waals surface area contributed by atoms with Crippen LogP contribution in [0.15, 0.2) is 18.2 Å². The molecule has 4 heteroatoms. The van der Waals surface area contributed by atoms with Gasteiger partial charge >= 0.3 is 0 Å². The molecule has 1 aromatic carbocycles. The fourth-order valence-electron chi connectivity index (χ4n) is 1.32. The van der Waals surface area contributed by atoms with Gasteiger partial charge in [-0.1, -0.05) is 12.1 Å². The third kappa shape index (κ3) is 1.66. The molecule has 2 aromatic rings. The lowest BCUT2D eigenvalue weighted by Gasteiger charge is -1.90. The van der Waals surface area contributed by atoms with Crippen LogP contribution in [-0.2, 0) is 6.54 Å². The molecular formula is C9H12ClN3. The largest absolute Gasteiger partial charge is 0.341 e. The SMILES string of the molecule is Cc1cccc2[nH]c(CN)nc12.Cl. The van der Waals surface area contributed by atoms with Gasteiger partial charge in [0.25, 0.3) is 0 Å². The average Bonchev–Trinajstić information content (AvgIpc) is 2.49. The molecule has 3 nitrogen and oxygen atoms in total. The quantitative estimate of drug-likeness (QED) is 0.732. The van der Waals surface area contributed by atoms with Crippen LogP contribution in [0.2, 0.25) is 0 Å². The van der Waals surface area contributed by atoms with Crippen LogP contribution in [-0.4, -0.2) is 9.97 Å². The molecule has 0 radical (unpaired) electrons. The molecule has 0 atom stereocenters. The molecule has 13 heavy (non-hydrogen) atoms. The topological polar surface area (TPSA) is 54.7 Å². The Bertz CT molecular complexity index is 408. The molecule has 0 spiro atoms. The van der Waals surface area contributed by atoms with Crippen molar-refractivity contribution in [3.63, 3.8) is 0 Å². The highest BCUT2D eigenvalue weighted by molar-refractivity contribution is 5.85. The fourth-order valence-corrected chi connectivity index (χ4v) is 1.32. The van der Waals surface area contributed by atoms with Crippen LogP contribution in [0.3, 0.4) is 0 Å². The summed E-state index contributed by atoms with van der Waals surface area (Å²) in [6.45, 7) is 2.51. The summed E-state index contributed by atoms with van der Waals surface area (Å²) in [6, 6.07) is 6.06. The lowest BCUT2D eigenvalue weighted by molar-refractivity contribution is 0.958. The first-order valence-electron chi connectivity index (χ1n) is 3.95. The molecule has 0 amide bonds. The van der Waals surface area contributed by atoms with Crippen molar-refractivity contribution in [3.8, 4) is 0 Å². The third-order valence-electron chi connectivity index (χ3n) is 1.96. The summed E-state index contributed by atoms with van der Waals surface area (Å²) in [7, 11) is 0. The Hall–Kier alpha value is -1.06. The first kappa shape index (κ1) is 10.0. The maximum Gasteiger partial charge on any atom is 0.121 e. The summed E-state index contributed by atoms with van der Waals surface area (Å²) < 4.78 is 0. The van der Waals surface area contributed by atoms with E-state index >= 15 is 0 Å². The van der Waals surface area contributed by atoms with E-state index in [4.69, 9.17) is 5.73 Å². The van der Waals surface area contributed by atoms with Crippen LogP contribution in [0, 0.1) is 6.92 Å². The number of nitrogens with two attached hydrogens (primary N) is 1. The number of H-pyrrole nitrogens is 1. The molecule has 0 fully saturated rings. The third-order valence-corrected chi connectivity index (χ3v) is 1.96. The number of hydrogen-bond donors (Lipinski definition) is 2. The number of aromatic nitrogens is 2. The van der Waals surface area contributed by atoms with Crippen LogP contribution in [0.5, 0.6) is 0 Å². The lowest BCUT2D eigenvalue weighted by Crippen LogP contribution is -1.97. The summed E-state index contributed by atoms with van der Waals surface area (Å²) in [5.41, 5.74) is 8.74. The molecule has 1 aromatic heterocycles. The van der Waals surface area contributed by atoms with Crippen LogP contribution >= 0.6 is 12.4 Å². The van der Waals surface area contributed by atoms with Crippen molar-refractivity contribution in [2.24, 2.45) is 5.73 Å². The van der Waals surface area contributed by atoms with Crippen LogP contribution in [0.1, 0.15) is 11.4 Å². The van der Waals surface area contributed by atoms with Gasteiger partial charge in [-0.3, -0.25) is 0 Å². The number of aryl methyl sites for hydroxylation is 1. The smallest absolute Gasteiger partial charge is 0.121 e. The first-order valence-corrected chi connectivity index (χ1v) is 3.95. The molecule has 0 bridgehead atoms. The number of para-hydroxylation sites is 1. The Kier molecular flexibility index (Phi) is 2.90. The second-order valence-electron chi connectivity index (χ2n) is 2.86. The lowest BCUT2D eigenvalue weighted by atomic mass is 10.2. The van der Waals surface area contributed by atoms with Crippen molar-refractivity contribution in [2.75, 3.05) is 0 Å². The van der Waals surface area contributed by atoms with Crippen molar-refractivity contribution >= 4 is 23.4 Å². The summed E-state index contributed by atoms with van der Waals surface area (Å²) in [5, 5.41) is 0. The van der Waals surface area contributed by atoms with Gasteiger partial charge in [0.1, 0.15) is 5.82 Å². The zero-order valence-electron chi connectivity index (χ0n) is 7.37. The zero-order chi connectivity index (χ0) is 8.55. The van der Waals surface area contributed by atoms with Crippen LogP contribution < -0.4 is 5.73 Å². The van der Waals surface area contributed by atoms with Crippen molar-refractivity contribution < 1.29 is 0 Å². The van der Waals surface area contributed by atoms with Gasteiger partial charge in [-0.25, -0.2) is 4.98 Å². The Labute approximate surface area is 82.8 Å². The number of benzene rings is 1. The number of nitrogens with one attached hydrogen (secondary N) is 1. The van der Waals surface area contributed by atoms with E-state index < -0.39 is 0 Å². The number of nitrogens with zero attached hydrogens (tertiary/aromatic N) is 1. The second-order valence-corrected chi connectivity index (χ2v) is 2.86. The van der Waals surface area contributed by atoms with Crippen molar-refractivity contribution in [2.45, 2.75) is 13.5 Å². The molecule has 0 unspecified atom stereocenters. The van der Waals surface area contributed by atoms with Gasteiger partial charge in [0.15, 0.2) is 0 Å². The first-order chi connectivity index (χ1) is 5.81. The monoisotopic (exact) mass is 197 g/mol. The number of hydrogen-bond acceptors (Lipinski definition) is 2. The minimum atomic E-state index is 0. The van der Waals surface area contributed by atoms with Gasteiger partial charge in [-0.15, -0.1) is 12.4 Å². The predicted octanol–water partition coefficient (Wildman–Crippen LogP) is 1.75. The molecular weight excluding hydrogens is 186 g/mol. The normalized spacial score (nSPS) is 10.0. The zero-order valence-corrected chi connectivity index (χ0v) is 8.19. The molecule has 0 saturated carbocycles. The maximum absolute atomic E-state index is 5.47. The minimum absolute atomic E-state index is 0. The summed E-state index contributed by atoms with van der Waals surface area (Å²) in [6.07, 6.45) is 0. The van der Waals surface area contributed by atoms with E-state index in [1.165, 1.54) is 5.56 Å². The van der Waals surface area contributed by atoms with Gasteiger partial charge in [-0.05, 0) is 18.6 Å². The van der Waals surface area contributed by atoms with Crippen LogP contribution in [0.4, 0.5) is 0 Å². The molecule has 0 aliphatic rings. The standard InChI is InChI=1S/C9H11N3.ClH/c1-6-3-2-4-7-9(6)12-8(5-10)11-7;/h2-4H,5,10H2,1H3,(H,11,12);1H. The molecule has 0 saturated heterocycles. The van der Waals surface area contributed by atoms with E-state index in [9.17, 15) is 0 Å². The highest BCUT2D eigenvalue weighted by Gasteiger charge is 2.01. The van der Waals surface area contributed by atoms with E-state index in [0.29, 0.717) is 6.54 Å². The Morgan fingerprint density at radius 3 is 2.85 bits per heavy atom. The average molecular weight is 198 g/mol. The highest BCUT2D eigenvalue weighted by atomic mass is 35.5. The second kappa shape index (κ2) is 3.77. The summed E-state index contributed by atoms with van der Waals surface area (Å²) in [5.74, 6) is 0.847. The van der Waals surface area contributed by atoms with E-state index in [0.717, 1.165) is 16.9 Å². The summed E-state index contributed by atoms with van der Waals surface area (Å²) >= 11 is 0. The predicted molar refractivity (Wildman–Crippen MR) is 56.0 cm³/mol. The number of fused-ring (bicyclic) bond motifs is 1. The summed E-state index contributed by atoms with van der Waals surface area (Å²) in [4.78, 5) is 7.50. The Morgan fingerprint density at radius 2 is 2.23 bits per heavy atom. The molecule has 2 rings (SSSR count). The van der Waals surface area contributed by atoms with Crippen LogP contribution in [0.25, 0.3) is 11.0 Å². The molecule has 3 N–H and O–H groups in total. The highest BCUT2D eigenvalue weighted by Crippen LogP contribution is 2.14. The Balaban J connectivity index is 0.000000845. The number of rotatable bonds is 1. The molecule has 1 heterocycles. The van der Waals surface area contributed by atoms with Gasteiger partial charge in [0.2, 0.25) is 0 Å². The molecule has 0 aliphatic carbocycles. The van der Waals surface area contributed by atoms with Gasteiger partial charge in [0.05, 0.1) is 17.6 Å². The number of aromatic amines is 1. The molecule has 0 aliphatic heterocycles. The molecule has 70 valence electrons. The fraction of sp³-hybridized carbons (Fsp3) is 0.222. The van der Waals surface area contributed by atoms with Gasteiger partial charge < -0.3 is 10.7 Å². The number of imidazole rings is 1. The number of halogens is 1. The van der Waals surface area contributed by atoms with Gasteiger partial charge in [-0.2, -0.15) is 0 Å². The van der Waals surface area contributed by atoms with E-state index in [1.807, 2.05) is 25.1 Å². The van der Waals surface area contributed by atoms with E-state index in [2.05, 4.69) is 9.97 Å². The maximum atomic E-state index is 5.47. The Morgan fingerprint density at radius 1 is 1.46 bits per heavy atom. The van der Waals surface area contributed by atoms with E-state index in [1.54, 1.807) is 0 Å². The van der Waals surface area contributed by atoms with Crippen molar-refractivity contribution in [1.82, 2.24) is 9.97 Å². The van der Waals surface area contributed by atoms with Crippen molar-refractivity contribution in [3.05, 3.63) is 29.6 Å². The van der Waals surface area contributed by atoms with Gasteiger partial charge in [0, 0.05) is 0 Å².